The molecule has 0 amide bonds. The summed E-state index contributed by atoms with van der Waals surface area (Å²) in [6, 6.07) is 10.4. The maximum atomic E-state index is 14.6. The van der Waals surface area contributed by atoms with Crippen molar-refractivity contribution in [1.29, 1.82) is 0 Å². The summed E-state index contributed by atoms with van der Waals surface area (Å²) < 4.78 is 14.6. The number of benzene rings is 1. The first-order valence-electron chi connectivity index (χ1n) is 7.88. The van der Waals surface area contributed by atoms with Gasteiger partial charge in [0.05, 0.1) is 5.69 Å². The molecule has 2 fully saturated rings. The fraction of sp³-hybridized carbons (Fsp3) is 0.412. The molecule has 2 heterocycles. The summed E-state index contributed by atoms with van der Waals surface area (Å²) in [5.41, 5.74) is 1.83. The van der Waals surface area contributed by atoms with Gasteiger partial charge in [-0.15, -0.1) is 0 Å². The third-order valence-corrected chi connectivity index (χ3v) is 4.46. The van der Waals surface area contributed by atoms with E-state index in [9.17, 15) is 4.39 Å². The molecule has 0 N–H and O–H groups in total. The molecule has 1 saturated heterocycles. The lowest BCUT2D eigenvalue weighted by Crippen LogP contribution is -2.47. The van der Waals surface area contributed by atoms with Gasteiger partial charge in [0.15, 0.2) is 11.6 Å². The summed E-state index contributed by atoms with van der Waals surface area (Å²) in [6.07, 6.45) is 3.61. The lowest BCUT2D eigenvalue weighted by Gasteiger charge is -2.36. The summed E-state index contributed by atoms with van der Waals surface area (Å²) in [4.78, 5) is 12.7. The number of nitrogens with zero attached hydrogens (tertiary/aromatic N) is 4. The molecule has 114 valence electrons. The van der Waals surface area contributed by atoms with E-state index >= 15 is 0 Å². The lowest BCUT2D eigenvalue weighted by atomic mass is 10.2. The zero-order valence-corrected chi connectivity index (χ0v) is 12.5. The van der Waals surface area contributed by atoms with Crippen LogP contribution in [0.2, 0.25) is 0 Å². The molecule has 0 spiro atoms. The molecule has 22 heavy (non-hydrogen) atoms. The molecule has 1 saturated carbocycles. The largest absolute Gasteiger partial charge is 0.368 e. The van der Waals surface area contributed by atoms with E-state index in [0.29, 0.717) is 17.4 Å². The van der Waals surface area contributed by atoms with Gasteiger partial charge < -0.3 is 9.80 Å². The molecule has 1 aromatic carbocycles. The van der Waals surface area contributed by atoms with Crippen LogP contribution < -0.4 is 9.80 Å². The van der Waals surface area contributed by atoms with E-state index in [0.717, 1.165) is 39.0 Å². The van der Waals surface area contributed by atoms with Gasteiger partial charge in [0.1, 0.15) is 6.33 Å². The summed E-state index contributed by atoms with van der Waals surface area (Å²) in [5, 5.41) is 0. The fourth-order valence-corrected chi connectivity index (χ4v) is 3.05. The second-order valence-corrected chi connectivity index (χ2v) is 5.98. The van der Waals surface area contributed by atoms with Crippen molar-refractivity contribution in [2.75, 3.05) is 36.0 Å². The van der Waals surface area contributed by atoms with Crippen molar-refractivity contribution >= 4 is 11.5 Å². The van der Waals surface area contributed by atoms with Gasteiger partial charge in [-0.1, -0.05) is 18.2 Å². The predicted molar refractivity (Wildman–Crippen MR) is 84.8 cm³/mol. The van der Waals surface area contributed by atoms with Crippen LogP contribution in [0.3, 0.4) is 0 Å². The van der Waals surface area contributed by atoms with E-state index in [1.54, 1.807) is 0 Å². The molecule has 0 radical (unpaired) electrons. The van der Waals surface area contributed by atoms with Crippen LogP contribution >= 0.6 is 0 Å². The molecule has 5 heteroatoms. The first-order chi connectivity index (χ1) is 10.8. The summed E-state index contributed by atoms with van der Waals surface area (Å²) in [7, 11) is 0. The van der Waals surface area contributed by atoms with Gasteiger partial charge in [-0.3, -0.25) is 0 Å². The van der Waals surface area contributed by atoms with Gasteiger partial charge in [0.25, 0.3) is 0 Å². The third-order valence-electron chi connectivity index (χ3n) is 4.46. The number of aromatic nitrogens is 2. The summed E-state index contributed by atoms with van der Waals surface area (Å²) >= 11 is 0. The first kappa shape index (κ1) is 13.5. The highest BCUT2D eigenvalue weighted by Gasteiger charge is 2.31. The van der Waals surface area contributed by atoms with Crippen LogP contribution in [-0.2, 0) is 0 Å². The van der Waals surface area contributed by atoms with E-state index in [2.05, 4.69) is 27.0 Å². The topological polar surface area (TPSA) is 32.3 Å². The van der Waals surface area contributed by atoms with Crippen LogP contribution in [0.1, 0.15) is 24.5 Å². The van der Waals surface area contributed by atoms with Gasteiger partial charge in [0.2, 0.25) is 0 Å². The van der Waals surface area contributed by atoms with Gasteiger partial charge in [-0.25, -0.2) is 14.4 Å². The first-order valence-corrected chi connectivity index (χ1v) is 7.88. The summed E-state index contributed by atoms with van der Waals surface area (Å²) in [5.74, 6) is 0.579. The normalized spacial score (nSPS) is 18.6. The Kier molecular flexibility index (Phi) is 3.41. The molecule has 1 aromatic heterocycles. The minimum atomic E-state index is -0.210. The second kappa shape index (κ2) is 5.55. The van der Waals surface area contributed by atoms with Crippen LogP contribution in [0.4, 0.5) is 15.9 Å². The number of hydrogen-bond acceptors (Lipinski definition) is 4. The number of hydrogen-bond donors (Lipinski definition) is 0. The Hall–Kier alpha value is -2.17. The van der Waals surface area contributed by atoms with E-state index in [4.69, 9.17) is 0 Å². The number of halogens is 1. The van der Waals surface area contributed by atoms with Crippen molar-refractivity contribution in [3.63, 3.8) is 0 Å². The number of piperazine rings is 1. The molecule has 0 unspecified atom stereocenters. The van der Waals surface area contributed by atoms with Crippen LogP contribution in [0.25, 0.3) is 0 Å². The molecule has 2 aliphatic rings. The van der Waals surface area contributed by atoms with Gasteiger partial charge >= 0.3 is 0 Å². The van der Waals surface area contributed by atoms with E-state index in [1.807, 2.05) is 23.1 Å². The SMILES string of the molecule is Fc1c(C2CC2)ncnc1N1CCN(c2ccccc2)CC1. The van der Waals surface area contributed by atoms with Gasteiger partial charge in [0, 0.05) is 37.8 Å². The molecule has 0 atom stereocenters. The van der Waals surface area contributed by atoms with Crippen molar-refractivity contribution in [1.82, 2.24) is 9.97 Å². The zero-order chi connectivity index (χ0) is 14.9. The quantitative estimate of drug-likeness (QED) is 0.872. The molecular weight excluding hydrogens is 279 g/mol. The smallest absolute Gasteiger partial charge is 0.187 e. The number of rotatable bonds is 3. The maximum absolute atomic E-state index is 14.6. The standard InChI is InChI=1S/C17H19FN4/c18-15-16(13-6-7-13)19-12-20-17(15)22-10-8-21(9-11-22)14-4-2-1-3-5-14/h1-5,12-13H,6-11H2. The van der Waals surface area contributed by atoms with Crippen molar-refractivity contribution in [3.8, 4) is 0 Å². The van der Waals surface area contributed by atoms with Gasteiger partial charge in [-0.05, 0) is 25.0 Å². The average Bonchev–Trinajstić information content (AvgIpc) is 3.41. The van der Waals surface area contributed by atoms with Crippen molar-refractivity contribution in [2.45, 2.75) is 18.8 Å². The minimum absolute atomic E-state index is 0.210. The van der Waals surface area contributed by atoms with Crippen molar-refractivity contribution in [2.24, 2.45) is 0 Å². The molecule has 1 aliphatic heterocycles. The monoisotopic (exact) mass is 298 g/mol. The molecule has 2 aromatic rings. The number of para-hydroxylation sites is 1. The van der Waals surface area contributed by atoms with Crippen LogP contribution in [0.15, 0.2) is 36.7 Å². The highest BCUT2D eigenvalue weighted by atomic mass is 19.1. The molecular formula is C17H19FN4. The van der Waals surface area contributed by atoms with Crippen LogP contribution in [0, 0.1) is 5.82 Å². The number of anilines is 2. The Morgan fingerprint density at radius 1 is 0.909 bits per heavy atom. The van der Waals surface area contributed by atoms with E-state index < -0.39 is 0 Å². The maximum Gasteiger partial charge on any atom is 0.187 e. The van der Waals surface area contributed by atoms with Crippen LogP contribution in [0.5, 0.6) is 0 Å². The lowest BCUT2D eigenvalue weighted by molar-refractivity contribution is 0.567. The zero-order valence-electron chi connectivity index (χ0n) is 12.5. The third kappa shape index (κ3) is 2.51. The van der Waals surface area contributed by atoms with Crippen molar-refractivity contribution < 1.29 is 4.39 Å². The van der Waals surface area contributed by atoms with Gasteiger partial charge in [-0.2, -0.15) is 0 Å². The highest BCUT2D eigenvalue weighted by molar-refractivity contribution is 5.50. The predicted octanol–water partition coefficient (Wildman–Crippen LogP) is 2.82. The minimum Gasteiger partial charge on any atom is -0.368 e. The van der Waals surface area contributed by atoms with E-state index in [1.165, 1.54) is 12.0 Å². The van der Waals surface area contributed by atoms with Crippen LogP contribution in [-0.4, -0.2) is 36.1 Å². The van der Waals surface area contributed by atoms with Crippen molar-refractivity contribution in [3.05, 3.63) is 48.2 Å². The summed E-state index contributed by atoms with van der Waals surface area (Å²) in [6.45, 7) is 3.33. The molecule has 4 rings (SSSR count). The Labute approximate surface area is 129 Å². The Morgan fingerprint density at radius 2 is 1.59 bits per heavy atom. The molecule has 4 nitrogen and oxygen atoms in total. The molecule has 0 bridgehead atoms. The fourth-order valence-electron chi connectivity index (χ4n) is 3.05. The molecule has 1 aliphatic carbocycles. The Bertz CT molecular complexity index is 649. The Balaban J connectivity index is 1.49. The Morgan fingerprint density at radius 3 is 2.27 bits per heavy atom. The van der Waals surface area contributed by atoms with E-state index in [-0.39, 0.29) is 5.82 Å². The second-order valence-electron chi connectivity index (χ2n) is 5.98. The average molecular weight is 298 g/mol. The highest BCUT2D eigenvalue weighted by Crippen LogP contribution is 2.41.